The van der Waals surface area contributed by atoms with Gasteiger partial charge in [-0.3, -0.25) is 4.79 Å². The number of nitrogens with zero attached hydrogens (tertiary/aromatic N) is 4. The predicted molar refractivity (Wildman–Crippen MR) is 83.2 cm³/mol. The molecule has 0 aromatic carbocycles. The van der Waals surface area contributed by atoms with Gasteiger partial charge in [-0.05, 0) is 39.0 Å². The minimum absolute atomic E-state index is 0.150. The molecule has 7 heteroatoms. The first-order chi connectivity index (χ1) is 11.0. The van der Waals surface area contributed by atoms with Crippen LogP contribution in [0.25, 0.3) is 5.82 Å². The number of aromatic nitrogens is 4. The molecule has 3 rings (SSSR count). The summed E-state index contributed by atoms with van der Waals surface area (Å²) in [5, 5.41) is 6.98. The average molecular weight is 311 g/mol. The zero-order valence-corrected chi connectivity index (χ0v) is 13.1. The predicted octanol–water partition coefficient (Wildman–Crippen LogP) is 2.36. The Morgan fingerprint density at radius 3 is 2.83 bits per heavy atom. The van der Waals surface area contributed by atoms with Crippen LogP contribution in [0.4, 0.5) is 0 Å². The summed E-state index contributed by atoms with van der Waals surface area (Å²) < 4.78 is 7.01. The first-order valence-electron chi connectivity index (χ1n) is 7.23. The number of amides is 1. The summed E-state index contributed by atoms with van der Waals surface area (Å²) >= 11 is 0. The fraction of sp³-hybridized carbons (Fsp3) is 0.250. The largest absolute Gasteiger partial charge is 0.466 e. The van der Waals surface area contributed by atoms with Gasteiger partial charge < -0.3 is 9.73 Å². The SMILES string of the molecule is Cc1cc(C(C)NC(=O)c2ccnc(-n3cncn3)c2)c(C)o1. The number of hydrogen-bond acceptors (Lipinski definition) is 5. The van der Waals surface area contributed by atoms with Crippen LogP contribution in [0.3, 0.4) is 0 Å². The smallest absolute Gasteiger partial charge is 0.251 e. The first-order valence-corrected chi connectivity index (χ1v) is 7.23. The lowest BCUT2D eigenvalue weighted by molar-refractivity contribution is 0.0939. The third-order valence-corrected chi connectivity index (χ3v) is 3.55. The Bertz CT molecular complexity index is 823. The third kappa shape index (κ3) is 3.13. The van der Waals surface area contributed by atoms with Gasteiger partial charge in [0.15, 0.2) is 5.82 Å². The van der Waals surface area contributed by atoms with E-state index >= 15 is 0 Å². The van der Waals surface area contributed by atoms with Crippen molar-refractivity contribution in [3.05, 3.63) is 59.7 Å². The molecule has 0 saturated heterocycles. The van der Waals surface area contributed by atoms with Gasteiger partial charge in [0.2, 0.25) is 0 Å². The van der Waals surface area contributed by atoms with Gasteiger partial charge in [0.05, 0.1) is 6.04 Å². The minimum atomic E-state index is -0.181. The van der Waals surface area contributed by atoms with Crippen molar-refractivity contribution in [3.8, 4) is 5.82 Å². The number of carbonyl (C=O) groups is 1. The molecule has 23 heavy (non-hydrogen) atoms. The van der Waals surface area contributed by atoms with E-state index in [0.29, 0.717) is 11.4 Å². The number of rotatable bonds is 4. The van der Waals surface area contributed by atoms with Gasteiger partial charge >= 0.3 is 0 Å². The normalized spacial score (nSPS) is 12.1. The van der Waals surface area contributed by atoms with Crippen molar-refractivity contribution in [1.82, 2.24) is 25.1 Å². The van der Waals surface area contributed by atoms with E-state index in [4.69, 9.17) is 4.42 Å². The molecule has 1 unspecified atom stereocenters. The second-order valence-corrected chi connectivity index (χ2v) is 5.31. The molecule has 3 aromatic rings. The zero-order chi connectivity index (χ0) is 16.4. The molecule has 0 aliphatic heterocycles. The Morgan fingerprint density at radius 1 is 1.35 bits per heavy atom. The molecule has 0 fully saturated rings. The van der Waals surface area contributed by atoms with E-state index in [1.807, 2.05) is 26.8 Å². The number of hydrogen-bond donors (Lipinski definition) is 1. The van der Waals surface area contributed by atoms with Gasteiger partial charge in [0, 0.05) is 17.3 Å². The topological polar surface area (TPSA) is 85.8 Å². The maximum absolute atomic E-state index is 12.5. The summed E-state index contributed by atoms with van der Waals surface area (Å²) in [6.07, 6.45) is 4.52. The standard InChI is InChI=1S/C16H17N5O2/c1-10-6-14(12(3)23-10)11(2)20-16(22)13-4-5-18-15(7-13)21-9-17-8-19-21/h4-9,11H,1-3H3,(H,20,22). The van der Waals surface area contributed by atoms with E-state index in [2.05, 4.69) is 20.4 Å². The molecular weight excluding hydrogens is 294 g/mol. The van der Waals surface area contributed by atoms with Crippen LogP contribution in [-0.4, -0.2) is 25.7 Å². The highest BCUT2D eigenvalue weighted by atomic mass is 16.3. The lowest BCUT2D eigenvalue weighted by Crippen LogP contribution is -2.27. The van der Waals surface area contributed by atoms with E-state index in [0.717, 1.165) is 17.1 Å². The van der Waals surface area contributed by atoms with Crippen LogP contribution >= 0.6 is 0 Å². The van der Waals surface area contributed by atoms with Crippen molar-refractivity contribution in [2.45, 2.75) is 26.8 Å². The molecule has 0 bridgehead atoms. The van der Waals surface area contributed by atoms with Gasteiger partial charge in [-0.15, -0.1) is 0 Å². The Balaban J connectivity index is 1.78. The fourth-order valence-corrected chi connectivity index (χ4v) is 2.45. The van der Waals surface area contributed by atoms with Crippen molar-refractivity contribution < 1.29 is 9.21 Å². The second kappa shape index (κ2) is 6.04. The molecule has 0 aliphatic carbocycles. The molecule has 0 aliphatic rings. The molecule has 1 atom stereocenters. The Kier molecular flexibility index (Phi) is 3.92. The lowest BCUT2D eigenvalue weighted by atomic mass is 10.1. The lowest BCUT2D eigenvalue weighted by Gasteiger charge is -2.13. The quantitative estimate of drug-likeness (QED) is 0.799. The van der Waals surface area contributed by atoms with Crippen LogP contribution in [0.2, 0.25) is 0 Å². The highest BCUT2D eigenvalue weighted by Crippen LogP contribution is 2.21. The number of furan rings is 1. The Labute approximate surface area is 133 Å². The molecule has 3 aromatic heterocycles. The van der Waals surface area contributed by atoms with Crippen molar-refractivity contribution >= 4 is 5.91 Å². The van der Waals surface area contributed by atoms with Crippen molar-refractivity contribution in [2.75, 3.05) is 0 Å². The summed E-state index contributed by atoms with van der Waals surface area (Å²) in [5.41, 5.74) is 1.48. The highest BCUT2D eigenvalue weighted by Gasteiger charge is 2.16. The zero-order valence-electron chi connectivity index (χ0n) is 13.1. The maximum Gasteiger partial charge on any atom is 0.251 e. The summed E-state index contributed by atoms with van der Waals surface area (Å²) in [6, 6.07) is 5.12. The van der Waals surface area contributed by atoms with Crippen molar-refractivity contribution in [1.29, 1.82) is 0 Å². The van der Waals surface area contributed by atoms with Gasteiger partial charge in [0.1, 0.15) is 24.2 Å². The van der Waals surface area contributed by atoms with Gasteiger partial charge in [-0.1, -0.05) is 0 Å². The molecule has 1 amide bonds. The minimum Gasteiger partial charge on any atom is -0.466 e. The van der Waals surface area contributed by atoms with Crippen LogP contribution in [0, 0.1) is 13.8 Å². The molecule has 0 radical (unpaired) electrons. The summed E-state index contributed by atoms with van der Waals surface area (Å²) in [5.74, 6) is 2.00. The van der Waals surface area contributed by atoms with E-state index < -0.39 is 0 Å². The van der Waals surface area contributed by atoms with Crippen LogP contribution in [0.1, 0.15) is 40.4 Å². The second-order valence-electron chi connectivity index (χ2n) is 5.31. The van der Waals surface area contributed by atoms with E-state index in [1.54, 1.807) is 18.3 Å². The van der Waals surface area contributed by atoms with Crippen LogP contribution in [-0.2, 0) is 0 Å². The number of nitrogens with one attached hydrogen (secondary N) is 1. The van der Waals surface area contributed by atoms with Crippen LogP contribution in [0.15, 0.2) is 41.5 Å². The number of pyridine rings is 1. The fourth-order valence-electron chi connectivity index (χ4n) is 2.45. The molecule has 3 heterocycles. The average Bonchev–Trinajstić information content (AvgIpc) is 3.17. The molecule has 0 saturated carbocycles. The number of carbonyl (C=O) groups excluding carboxylic acids is 1. The number of aryl methyl sites for hydroxylation is 2. The van der Waals surface area contributed by atoms with Gasteiger partial charge in [0.25, 0.3) is 5.91 Å². The third-order valence-electron chi connectivity index (χ3n) is 3.55. The maximum atomic E-state index is 12.5. The highest BCUT2D eigenvalue weighted by molar-refractivity contribution is 5.94. The molecule has 7 nitrogen and oxygen atoms in total. The van der Waals surface area contributed by atoms with Gasteiger partial charge in [-0.2, -0.15) is 5.10 Å². The van der Waals surface area contributed by atoms with E-state index in [1.165, 1.54) is 17.3 Å². The summed E-state index contributed by atoms with van der Waals surface area (Å²) in [7, 11) is 0. The Hall–Kier alpha value is -2.96. The van der Waals surface area contributed by atoms with Gasteiger partial charge in [-0.25, -0.2) is 14.6 Å². The van der Waals surface area contributed by atoms with Crippen molar-refractivity contribution in [3.63, 3.8) is 0 Å². The first kappa shape index (κ1) is 15.0. The monoisotopic (exact) mass is 311 g/mol. The summed E-state index contributed by atoms with van der Waals surface area (Å²) in [4.78, 5) is 20.5. The molecule has 0 spiro atoms. The van der Waals surface area contributed by atoms with Crippen molar-refractivity contribution in [2.24, 2.45) is 0 Å². The van der Waals surface area contributed by atoms with E-state index in [9.17, 15) is 4.79 Å². The molecular formula is C16H17N5O2. The summed E-state index contributed by atoms with van der Waals surface area (Å²) in [6.45, 7) is 5.70. The molecule has 1 N–H and O–H groups in total. The Morgan fingerprint density at radius 2 is 2.17 bits per heavy atom. The van der Waals surface area contributed by atoms with Crippen LogP contribution in [0.5, 0.6) is 0 Å². The van der Waals surface area contributed by atoms with Crippen LogP contribution < -0.4 is 5.32 Å². The molecule has 118 valence electrons. The van der Waals surface area contributed by atoms with E-state index in [-0.39, 0.29) is 11.9 Å².